The highest BCUT2D eigenvalue weighted by atomic mass is 35.5. The predicted molar refractivity (Wildman–Crippen MR) is 126 cm³/mol. The Morgan fingerprint density at radius 1 is 0.533 bits per heavy atom. The third-order valence-corrected chi connectivity index (χ3v) is 6.63. The number of hydrogen-bond acceptors (Lipinski definition) is 0. The molecule has 1 aliphatic rings. The molecule has 6 rings (SSSR count). The van der Waals surface area contributed by atoms with Crippen LogP contribution in [0, 0.1) is 0 Å². The van der Waals surface area contributed by atoms with Gasteiger partial charge in [-0.25, -0.2) is 0 Å². The smallest absolute Gasteiger partial charge is 0.0714 e. The van der Waals surface area contributed by atoms with Gasteiger partial charge in [-0.05, 0) is 56.3 Å². The molecule has 142 valence electrons. The van der Waals surface area contributed by atoms with E-state index in [1.807, 2.05) is 6.07 Å². The van der Waals surface area contributed by atoms with Gasteiger partial charge >= 0.3 is 0 Å². The molecule has 1 heteroatoms. The van der Waals surface area contributed by atoms with Gasteiger partial charge in [0.05, 0.1) is 5.41 Å². The van der Waals surface area contributed by atoms with Crippen molar-refractivity contribution in [3.05, 3.63) is 143 Å². The van der Waals surface area contributed by atoms with Crippen LogP contribution in [0.15, 0.2) is 115 Å². The van der Waals surface area contributed by atoms with Crippen molar-refractivity contribution in [2.24, 2.45) is 0 Å². The number of rotatable bonds is 2. The zero-order chi connectivity index (χ0) is 20.1. The van der Waals surface area contributed by atoms with Gasteiger partial charge in [0.15, 0.2) is 0 Å². The molecule has 0 aliphatic heterocycles. The molecule has 0 aromatic heterocycles. The van der Waals surface area contributed by atoms with E-state index in [0.29, 0.717) is 0 Å². The standard InChI is InChI=1S/C29H19Cl/c30-23-13-8-12-22(19-23)29(21-10-2-1-3-11-21)26-16-7-6-15-25(26)28-24-14-5-4-9-20(24)17-18-27(28)29/h1-19H. The van der Waals surface area contributed by atoms with E-state index in [4.69, 9.17) is 11.6 Å². The molecular formula is C29H19Cl. The van der Waals surface area contributed by atoms with E-state index in [1.54, 1.807) is 0 Å². The first-order valence-electron chi connectivity index (χ1n) is 10.2. The number of halogens is 1. The van der Waals surface area contributed by atoms with Crippen molar-refractivity contribution in [1.82, 2.24) is 0 Å². The summed E-state index contributed by atoms with van der Waals surface area (Å²) in [4.78, 5) is 0. The van der Waals surface area contributed by atoms with E-state index in [-0.39, 0.29) is 0 Å². The average Bonchev–Trinajstić information content (AvgIpc) is 3.11. The van der Waals surface area contributed by atoms with E-state index >= 15 is 0 Å². The SMILES string of the molecule is Clc1cccc(C2(c3ccccc3)c3ccccc3-c3c2ccc2ccccc32)c1. The largest absolute Gasteiger partial charge is 0.0843 e. The Labute approximate surface area is 181 Å². The molecule has 0 amide bonds. The first kappa shape index (κ1) is 17.5. The fourth-order valence-corrected chi connectivity index (χ4v) is 5.44. The van der Waals surface area contributed by atoms with Crippen molar-refractivity contribution in [1.29, 1.82) is 0 Å². The molecule has 0 bridgehead atoms. The summed E-state index contributed by atoms with van der Waals surface area (Å²) in [7, 11) is 0. The molecule has 5 aromatic carbocycles. The highest BCUT2D eigenvalue weighted by Crippen LogP contribution is 2.57. The van der Waals surface area contributed by atoms with Crippen LogP contribution in [0.5, 0.6) is 0 Å². The Morgan fingerprint density at radius 3 is 2.13 bits per heavy atom. The Morgan fingerprint density at radius 2 is 1.27 bits per heavy atom. The van der Waals surface area contributed by atoms with Crippen LogP contribution in [0.3, 0.4) is 0 Å². The molecule has 0 spiro atoms. The third-order valence-electron chi connectivity index (χ3n) is 6.40. The van der Waals surface area contributed by atoms with Crippen LogP contribution >= 0.6 is 11.6 Å². The molecule has 0 fully saturated rings. The quantitative estimate of drug-likeness (QED) is 0.276. The second-order valence-electron chi connectivity index (χ2n) is 7.88. The van der Waals surface area contributed by atoms with Crippen LogP contribution < -0.4 is 0 Å². The van der Waals surface area contributed by atoms with Gasteiger partial charge in [-0.1, -0.05) is 115 Å². The summed E-state index contributed by atoms with van der Waals surface area (Å²) >= 11 is 6.52. The van der Waals surface area contributed by atoms with Gasteiger partial charge < -0.3 is 0 Å². The van der Waals surface area contributed by atoms with Crippen LogP contribution in [0.2, 0.25) is 5.02 Å². The summed E-state index contributed by atoms with van der Waals surface area (Å²) in [5.41, 5.74) is 7.31. The van der Waals surface area contributed by atoms with E-state index in [2.05, 4.69) is 109 Å². The summed E-state index contributed by atoms with van der Waals surface area (Å²) in [5, 5.41) is 3.32. The molecule has 0 heterocycles. The van der Waals surface area contributed by atoms with Gasteiger partial charge in [0.2, 0.25) is 0 Å². The molecule has 5 aromatic rings. The normalized spacial score (nSPS) is 17.0. The molecular weight excluding hydrogens is 384 g/mol. The maximum atomic E-state index is 6.52. The molecule has 0 saturated carbocycles. The average molecular weight is 403 g/mol. The fourth-order valence-electron chi connectivity index (χ4n) is 5.25. The van der Waals surface area contributed by atoms with Gasteiger partial charge in [0, 0.05) is 5.02 Å². The molecule has 1 unspecified atom stereocenters. The highest BCUT2D eigenvalue weighted by molar-refractivity contribution is 6.30. The van der Waals surface area contributed by atoms with Crippen LogP contribution in [-0.4, -0.2) is 0 Å². The second-order valence-corrected chi connectivity index (χ2v) is 8.32. The van der Waals surface area contributed by atoms with E-state index in [9.17, 15) is 0 Å². The van der Waals surface area contributed by atoms with Crippen molar-refractivity contribution < 1.29 is 0 Å². The molecule has 0 nitrogen and oxygen atoms in total. The monoisotopic (exact) mass is 402 g/mol. The first-order valence-corrected chi connectivity index (χ1v) is 10.6. The Balaban J connectivity index is 1.85. The summed E-state index contributed by atoms with van der Waals surface area (Å²) in [5.74, 6) is 0. The third kappa shape index (κ3) is 2.29. The van der Waals surface area contributed by atoms with Crippen LogP contribution in [0.25, 0.3) is 21.9 Å². The van der Waals surface area contributed by atoms with Crippen molar-refractivity contribution in [2.75, 3.05) is 0 Å². The van der Waals surface area contributed by atoms with E-state index in [1.165, 1.54) is 44.2 Å². The van der Waals surface area contributed by atoms with Crippen LogP contribution in [0.4, 0.5) is 0 Å². The Bertz CT molecular complexity index is 1400. The molecule has 0 N–H and O–H groups in total. The van der Waals surface area contributed by atoms with Crippen molar-refractivity contribution in [3.63, 3.8) is 0 Å². The van der Waals surface area contributed by atoms with Crippen molar-refractivity contribution in [2.45, 2.75) is 5.41 Å². The van der Waals surface area contributed by atoms with Gasteiger partial charge in [-0.15, -0.1) is 0 Å². The van der Waals surface area contributed by atoms with Gasteiger partial charge in [0.1, 0.15) is 0 Å². The number of benzene rings is 5. The molecule has 1 aliphatic carbocycles. The van der Waals surface area contributed by atoms with Gasteiger partial charge in [-0.2, -0.15) is 0 Å². The van der Waals surface area contributed by atoms with Crippen LogP contribution in [-0.2, 0) is 5.41 Å². The van der Waals surface area contributed by atoms with Crippen LogP contribution in [0.1, 0.15) is 22.3 Å². The lowest BCUT2D eigenvalue weighted by atomic mass is 9.67. The predicted octanol–water partition coefficient (Wildman–Crippen LogP) is 7.86. The van der Waals surface area contributed by atoms with E-state index in [0.717, 1.165) is 5.02 Å². The minimum Gasteiger partial charge on any atom is -0.0843 e. The van der Waals surface area contributed by atoms with E-state index < -0.39 is 5.41 Å². The number of hydrogen-bond donors (Lipinski definition) is 0. The maximum absolute atomic E-state index is 6.52. The summed E-state index contributed by atoms with van der Waals surface area (Å²) in [6.45, 7) is 0. The van der Waals surface area contributed by atoms with Crippen molar-refractivity contribution >= 4 is 22.4 Å². The minimum absolute atomic E-state index is 0.401. The summed E-state index contributed by atoms with van der Waals surface area (Å²) in [6, 6.07) is 41.2. The lowest BCUT2D eigenvalue weighted by Gasteiger charge is -2.34. The molecule has 0 saturated heterocycles. The van der Waals surface area contributed by atoms with Crippen molar-refractivity contribution in [3.8, 4) is 11.1 Å². The zero-order valence-electron chi connectivity index (χ0n) is 16.3. The number of fused-ring (bicyclic) bond motifs is 5. The van der Waals surface area contributed by atoms with Gasteiger partial charge in [0.25, 0.3) is 0 Å². The summed E-state index contributed by atoms with van der Waals surface area (Å²) < 4.78 is 0. The molecule has 0 radical (unpaired) electrons. The molecule has 1 atom stereocenters. The first-order chi connectivity index (χ1) is 14.8. The lowest BCUT2D eigenvalue weighted by Crippen LogP contribution is -2.28. The molecule has 30 heavy (non-hydrogen) atoms. The Hall–Kier alpha value is -3.35. The highest BCUT2D eigenvalue weighted by Gasteiger charge is 2.46. The fraction of sp³-hybridized carbons (Fsp3) is 0.0345. The second kappa shape index (κ2) is 6.58. The lowest BCUT2D eigenvalue weighted by molar-refractivity contribution is 0.769. The Kier molecular flexibility index (Phi) is 3.84. The maximum Gasteiger partial charge on any atom is 0.0714 e. The topological polar surface area (TPSA) is 0 Å². The zero-order valence-corrected chi connectivity index (χ0v) is 17.1. The summed E-state index contributed by atoms with van der Waals surface area (Å²) in [6.07, 6.45) is 0. The minimum atomic E-state index is -0.401. The van der Waals surface area contributed by atoms with Gasteiger partial charge in [-0.3, -0.25) is 0 Å².